The molecule has 0 fully saturated rings. The summed E-state index contributed by atoms with van der Waals surface area (Å²) in [4.78, 5) is 22.8. The van der Waals surface area contributed by atoms with Gasteiger partial charge in [0.1, 0.15) is 17.4 Å². The molecule has 0 spiro atoms. The van der Waals surface area contributed by atoms with E-state index < -0.39 is 11.9 Å². The average molecular weight is 350 g/mol. The van der Waals surface area contributed by atoms with Crippen molar-refractivity contribution >= 4 is 23.6 Å². The molecule has 0 radical (unpaired) electrons. The highest BCUT2D eigenvalue weighted by Crippen LogP contribution is 2.17. The van der Waals surface area contributed by atoms with Crippen LogP contribution in [-0.4, -0.2) is 23.6 Å². The van der Waals surface area contributed by atoms with Crippen molar-refractivity contribution < 1.29 is 19.4 Å². The second kappa shape index (κ2) is 9.04. The Bertz CT molecular complexity index is 864. The summed E-state index contributed by atoms with van der Waals surface area (Å²) in [6, 6.07) is 15.9. The first kappa shape index (κ1) is 18.7. The standard InChI is InChI=1S/C20H18N2O4/c1-14-5-7-17(8-6-14)22-20(25)16(13-21)11-15-3-2-4-18(12-15)26-10-9-19(23)24/h2-8,11-12H,9-10H2,1H3,(H,22,25)(H,23,24)/b16-11-. The zero-order chi connectivity index (χ0) is 18.9. The van der Waals surface area contributed by atoms with Crippen molar-refractivity contribution in [2.75, 3.05) is 11.9 Å². The fraction of sp³-hybridized carbons (Fsp3) is 0.150. The number of hydrogen-bond acceptors (Lipinski definition) is 4. The van der Waals surface area contributed by atoms with E-state index in [9.17, 15) is 14.9 Å². The molecule has 6 heteroatoms. The first-order chi connectivity index (χ1) is 12.5. The predicted octanol–water partition coefficient (Wildman–Crippen LogP) is 3.39. The molecule has 0 bridgehead atoms. The summed E-state index contributed by atoms with van der Waals surface area (Å²) in [7, 11) is 0. The second-order valence-electron chi connectivity index (χ2n) is 5.55. The molecular formula is C20H18N2O4. The first-order valence-corrected chi connectivity index (χ1v) is 7.92. The number of aliphatic carboxylic acids is 1. The van der Waals surface area contributed by atoms with Crippen LogP contribution in [0.25, 0.3) is 6.08 Å². The van der Waals surface area contributed by atoms with Gasteiger partial charge in [-0.25, -0.2) is 0 Å². The lowest BCUT2D eigenvalue weighted by molar-refractivity contribution is -0.137. The number of aryl methyl sites for hydroxylation is 1. The number of rotatable bonds is 7. The van der Waals surface area contributed by atoms with E-state index in [-0.39, 0.29) is 18.6 Å². The van der Waals surface area contributed by atoms with Gasteiger partial charge in [0, 0.05) is 5.69 Å². The number of nitrogens with one attached hydrogen (secondary N) is 1. The lowest BCUT2D eigenvalue weighted by Gasteiger charge is -2.06. The van der Waals surface area contributed by atoms with Gasteiger partial charge >= 0.3 is 5.97 Å². The Morgan fingerprint density at radius 1 is 1.23 bits per heavy atom. The van der Waals surface area contributed by atoms with Crippen molar-refractivity contribution in [3.63, 3.8) is 0 Å². The van der Waals surface area contributed by atoms with E-state index in [4.69, 9.17) is 9.84 Å². The molecule has 2 aromatic rings. The predicted molar refractivity (Wildman–Crippen MR) is 97.6 cm³/mol. The molecule has 0 aliphatic carbocycles. The highest BCUT2D eigenvalue weighted by Gasteiger charge is 2.10. The van der Waals surface area contributed by atoms with E-state index in [1.807, 2.05) is 25.1 Å². The van der Waals surface area contributed by atoms with Crippen LogP contribution in [-0.2, 0) is 9.59 Å². The summed E-state index contributed by atoms with van der Waals surface area (Å²) in [5.74, 6) is -0.981. The zero-order valence-electron chi connectivity index (χ0n) is 14.2. The van der Waals surface area contributed by atoms with Crippen LogP contribution >= 0.6 is 0 Å². The number of carboxylic acid groups (broad SMARTS) is 1. The topological polar surface area (TPSA) is 99.4 Å². The fourth-order valence-electron chi connectivity index (χ4n) is 2.10. The quantitative estimate of drug-likeness (QED) is 0.589. The van der Waals surface area contributed by atoms with Crippen LogP contribution in [0.3, 0.4) is 0 Å². The van der Waals surface area contributed by atoms with Crippen LogP contribution < -0.4 is 10.1 Å². The molecule has 0 saturated carbocycles. The van der Waals surface area contributed by atoms with Crippen LogP contribution in [0.2, 0.25) is 0 Å². The number of carbonyl (C=O) groups excluding carboxylic acids is 1. The molecular weight excluding hydrogens is 332 g/mol. The Kier molecular flexibility index (Phi) is 6.52. The Labute approximate surface area is 151 Å². The number of carboxylic acids is 1. The van der Waals surface area contributed by atoms with Crippen molar-refractivity contribution in [1.29, 1.82) is 5.26 Å². The second-order valence-corrected chi connectivity index (χ2v) is 5.55. The minimum Gasteiger partial charge on any atom is -0.493 e. The number of amides is 1. The maximum absolute atomic E-state index is 12.3. The third kappa shape index (κ3) is 5.80. The van der Waals surface area contributed by atoms with Gasteiger partial charge in [0.15, 0.2) is 0 Å². The van der Waals surface area contributed by atoms with E-state index in [1.165, 1.54) is 6.08 Å². The van der Waals surface area contributed by atoms with Gasteiger partial charge in [0.25, 0.3) is 5.91 Å². The van der Waals surface area contributed by atoms with E-state index >= 15 is 0 Å². The molecule has 132 valence electrons. The summed E-state index contributed by atoms with van der Waals surface area (Å²) < 4.78 is 5.35. The number of carbonyl (C=O) groups is 2. The molecule has 1 amide bonds. The van der Waals surface area contributed by atoms with Gasteiger partial charge in [-0.1, -0.05) is 29.8 Å². The molecule has 2 aromatic carbocycles. The first-order valence-electron chi connectivity index (χ1n) is 7.92. The Morgan fingerprint density at radius 3 is 2.62 bits per heavy atom. The number of nitrogens with zero attached hydrogens (tertiary/aromatic N) is 1. The van der Waals surface area contributed by atoms with E-state index in [0.29, 0.717) is 17.0 Å². The van der Waals surface area contributed by atoms with Crippen molar-refractivity contribution in [2.45, 2.75) is 13.3 Å². The third-order valence-electron chi connectivity index (χ3n) is 3.43. The molecule has 0 saturated heterocycles. The molecule has 0 unspecified atom stereocenters. The number of hydrogen-bond donors (Lipinski definition) is 2. The number of benzene rings is 2. The van der Waals surface area contributed by atoms with Crippen LogP contribution in [0.1, 0.15) is 17.5 Å². The largest absolute Gasteiger partial charge is 0.493 e. The lowest BCUT2D eigenvalue weighted by atomic mass is 10.1. The summed E-state index contributed by atoms with van der Waals surface area (Å²) in [6.45, 7) is 1.99. The minimum atomic E-state index is -0.944. The highest BCUT2D eigenvalue weighted by molar-refractivity contribution is 6.09. The molecule has 0 heterocycles. The number of nitriles is 1. The van der Waals surface area contributed by atoms with Gasteiger partial charge in [-0.2, -0.15) is 5.26 Å². The summed E-state index contributed by atoms with van der Waals surface area (Å²) in [5, 5.41) is 20.6. The van der Waals surface area contributed by atoms with E-state index in [2.05, 4.69) is 5.32 Å². The number of ether oxygens (including phenoxy) is 1. The van der Waals surface area contributed by atoms with Gasteiger partial charge in [-0.15, -0.1) is 0 Å². The van der Waals surface area contributed by atoms with Gasteiger partial charge < -0.3 is 15.2 Å². The average Bonchev–Trinajstić information content (AvgIpc) is 2.61. The molecule has 0 aliphatic rings. The van der Waals surface area contributed by atoms with Gasteiger partial charge in [0.2, 0.25) is 0 Å². The maximum atomic E-state index is 12.3. The van der Waals surface area contributed by atoms with Crippen molar-refractivity contribution in [1.82, 2.24) is 0 Å². The molecule has 2 rings (SSSR count). The summed E-state index contributed by atoms with van der Waals surface area (Å²) in [6.07, 6.45) is 1.34. The van der Waals surface area contributed by atoms with Crippen LogP contribution in [0.5, 0.6) is 5.75 Å². The summed E-state index contributed by atoms with van der Waals surface area (Å²) in [5.41, 5.74) is 2.23. The van der Waals surface area contributed by atoms with E-state index in [0.717, 1.165) is 5.56 Å². The normalized spacial score (nSPS) is 10.7. The van der Waals surface area contributed by atoms with Crippen molar-refractivity contribution in [2.24, 2.45) is 0 Å². The SMILES string of the molecule is Cc1ccc(NC(=O)/C(C#N)=C\c2cccc(OCCC(=O)O)c2)cc1. The molecule has 0 aromatic heterocycles. The van der Waals surface area contributed by atoms with Crippen LogP contribution in [0.15, 0.2) is 54.1 Å². The van der Waals surface area contributed by atoms with Gasteiger partial charge in [-0.3, -0.25) is 9.59 Å². The molecule has 2 N–H and O–H groups in total. The Balaban J connectivity index is 2.09. The Hall–Kier alpha value is -3.59. The minimum absolute atomic E-state index is 0.0432. The monoisotopic (exact) mass is 350 g/mol. The van der Waals surface area contributed by atoms with Crippen LogP contribution in [0, 0.1) is 18.3 Å². The fourth-order valence-corrected chi connectivity index (χ4v) is 2.10. The summed E-state index contributed by atoms with van der Waals surface area (Å²) >= 11 is 0. The molecule has 26 heavy (non-hydrogen) atoms. The highest BCUT2D eigenvalue weighted by atomic mass is 16.5. The zero-order valence-corrected chi connectivity index (χ0v) is 14.2. The third-order valence-corrected chi connectivity index (χ3v) is 3.43. The van der Waals surface area contributed by atoms with Crippen molar-refractivity contribution in [3.8, 4) is 11.8 Å². The van der Waals surface area contributed by atoms with Crippen LogP contribution in [0.4, 0.5) is 5.69 Å². The smallest absolute Gasteiger partial charge is 0.306 e. The lowest BCUT2D eigenvalue weighted by Crippen LogP contribution is -2.13. The molecule has 0 aliphatic heterocycles. The number of anilines is 1. The van der Waals surface area contributed by atoms with E-state index in [1.54, 1.807) is 36.4 Å². The maximum Gasteiger partial charge on any atom is 0.306 e. The molecule has 6 nitrogen and oxygen atoms in total. The molecule has 0 atom stereocenters. The Morgan fingerprint density at radius 2 is 1.96 bits per heavy atom. The van der Waals surface area contributed by atoms with Gasteiger partial charge in [-0.05, 0) is 42.8 Å². The van der Waals surface area contributed by atoms with Crippen molar-refractivity contribution in [3.05, 3.63) is 65.2 Å². The van der Waals surface area contributed by atoms with Gasteiger partial charge in [0.05, 0.1) is 13.0 Å².